The van der Waals surface area contributed by atoms with Gasteiger partial charge in [-0.3, -0.25) is 4.79 Å². The first kappa shape index (κ1) is 27.7. The second kappa shape index (κ2) is 11.3. The topological polar surface area (TPSA) is 74.7 Å². The Bertz CT molecular complexity index is 1590. The molecule has 0 saturated carbocycles. The molecule has 0 amide bonds. The van der Waals surface area contributed by atoms with Gasteiger partial charge in [0.1, 0.15) is 11.3 Å². The third kappa shape index (κ3) is 4.72. The number of methoxy groups -OCH3 is 3. The first-order valence-electron chi connectivity index (χ1n) is 12.7. The molecule has 0 N–H and O–H groups in total. The fourth-order valence-electron chi connectivity index (χ4n) is 5.43. The Morgan fingerprint density at radius 1 is 1.05 bits per heavy atom. The van der Waals surface area contributed by atoms with Crippen molar-refractivity contribution in [2.75, 3.05) is 21.3 Å². The Balaban J connectivity index is 1.71. The number of hydrogen-bond acceptors (Lipinski definition) is 6. The standard InChI is InChI=1S/C32H27Cl2NO5/c1-38-27-16-24-19(15-25(27)31(37)40-3)10-11-20(24)17-32(28-13-12-21(18-36)30(35-28)39-2)14-6-8-23(29(32)34)22-7-4-5-9-26(22)33/h4-9,12-18,29H,10-11H2,1-3H3. The van der Waals surface area contributed by atoms with Gasteiger partial charge in [0, 0.05) is 5.02 Å². The fraction of sp³-hybridized carbons (Fsp3) is 0.219. The monoisotopic (exact) mass is 575 g/mol. The molecule has 0 aliphatic heterocycles. The molecule has 0 spiro atoms. The van der Waals surface area contributed by atoms with Crippen LogP contribution in [0.3, 0.4) is 0 Å². The van der Waals surface area contributed by atoms with E-state index in [0.29, 0.717) is 33.9 Å². The minimum atomic E-state index is -0.926. The lowest BCUT2D eigenvalue weighted by Crippen LogP contribution is -2.36. The maximum Gasteiger partial charge on any atom is 0.341 e. The number of pyridine rings is 1. The fourth-order valence-corrected chi connectivity index (χ4v) is 6.11. The first-order chi connectivity index (χ1) is 19.4. The zero-order chi connectivity index (χ0) is 28.4. The molecule has 1 aromatic heterocycles. The van der Waals surface area contributed by atoms with Crippen molar-refractivity contribution in [2.45, 2.75) is 23.6 Å². The number of benzene rings is 2. The molecule has 2 unspecified atom stereocenters. The van der Waals surface area contributed by atoms with Crippen molar-refractivity contribution >= 4 is 46.6 Å². The van der Waals surface area contributed by atoms with Crippen LogP contribution in [0.25, 0.3) is 11.1 Å². The van der Waals surface area contributed by atoms with E-state index in [-0.39, 0.29) is 5.88 Å². The van der Waals surface area contributed by atoms with Gasteiger partial charge < -0.3 is 14.2 Å². The summed E-state index contributed by atoms with van der Waals surface area (Å²) < 4.78 is 16.0. The Morgan fingerprint density at radius 3 is 2.55 bits per heavy atom. The molecule has 6 nitrogen and oxygen atoms in total. The lowest BCUT2D eigenvalue weighted by molar-refractivity contribution is 0.0597. The van der Waals surface area contributed by atoms with Crippen LogP contribution in [0, 0.1) is 0 Å². The Kier molecular flexibility index (Phi) is 7.83. The number of rotatable bonds is 7. The number of ether oxygens (including phenoxy) is 3. The van der Waals surface area contributed by atoms with Crippen molar-refractivity contribution in [3.05, 3.63) is 111 Å². The second-order valence-corrected chi connectivity index (χ2v) is 10.4. The van der Waals surface area contributed by atoms with Crippen LogP contribution >= 0.6 is 23.2 Å². The highest BCUT2D eigenvalue weighted by atomic mass is 35.5. The lowest BCUT2D eigenvalue weighted by atomic mass is 9.72. The molecule has 2 aliphatic carbocycles. The van der Waals surface area contributed by atoms with Crippen molar-refractivity contribution in [3.63, 3.8) is 0 Å². The van der Waals surface area contributed by atoms with Crippen molar-refractivity contribution in [1.29, 1.82) is 0 Å². The molecule has 2 aromatic carbocycles. The summed E-state index contributed by atoms with van der Waals surface area (Å²) in [6, 6.07) is 14.8. The average molecular weight is 576 g/mol. The zero-order valence-electron chi connectivity index (χ0n) is 22.2. The van der Waals surface area contributed by atoms with Gasteiger partial charge in [0.05, 0.1) is 43.4 Å². The molecule has 1 heterocycles. The van der Waals surface area contributed by atoms with Crippen molar-refractivity contribution < 1.29 is 23.8 Å². The van der Waals surface area contributed by atoms with E-state index in [1.165, 1.54) is 21.3 Å². The van der Waals surface area contributed by atoms with Crippen molar-refractivity contribution in [1.82, 2.24) is 4.98 Å². The van der Waals surface area contributed by atoms with Crippen molar-refractivity contribution in [3.8, 4) is 11.6 Å². The predicted octanol–water partition coefficient (Wildman–Crippen LogP) is 6.88. The molecule has 2 atom stereocenters. The van der Waals surface area contributed by atoms with Crippen LogP contribution in [-0.4, -0.2) is 43.9 Å². The smallest absolute Gasteiger partial charge is 0.341 e. The summed E-state index contributed by atoms with van der Waals surface area (Å²) in [6.07, 6.45) is 10.2. The van der Waals surface area contributed by atoms with Crippen molar-refractivity contribution in [2.24, 2.45) is 0 Å². The number of fused-ring (bicyclic) bond motifs is 1. The molecule has 0 saturated heterocycles. The van der Waals surface area contributed by atoms with E-state index in [1.54, 1.807) is 12.1 Å². The van der Waals surface area contributed by atoms with Crippen LogP contribution in [-0.2, 0) is 16.6 Å². The number of aryl methyl sites for hydroxylation is 1. The van der Waals surface area contributed by atoms with Gasteiger partial charge in [-0.2, -0.15) is 0 Å². The van der Waals surface area contributed by atoms with E-state index in [0.717, 1.165) is 40.7 Å². The number of alkyl halides is 1. The number of nitrogens with zero attached hydrogens (tertiary/aromatic N) is 1. The van der Waals surface area contributed by atoms with Gasteiger partial charge in [0.15, 0.2) is 6.29 Å². The molecule has 0 bridgehead atoms. The van der Waals surface area contributed by atoms with Crippen LogP contribution in [0.15, 0.2) is 72.8 Å². The summed E-state index contributed by atoms with van der Waals surface area (Å²) in [6.45, 7) is 0. The molecular weight excluding hydrogens is 549 g/mol. The van der Waals surface area contributed by atoms with E-state index in [9.17, 15) is 9.59 Å². The summed E-state index contributed by atoms with van der Waals surface area (Å²) in [5, 5.41) is -0.0196. The molecule has 5 rings (SSSR count). The summed E-state index contributed by atoms with van der Waals surface area (Å²) in [4.78, 5) is 28.8. The molecule has 0 fully saturated rings. The third-order valence-electron chi connectivity index (χ3n) is 7.43. The van der Waals surface area contributed by atoms with E-state index in [1.807, 2.05) is 54.6 Å². The van der Waals surface area contributed by atoms with Gasteiger partial charge in [0.2, 0.25) is 5.88 Å². The minimum Gasteiger partial charge on any atom is -0.496 e. The number of carbonyl (C=O) groups excluding carboxylic acids is 2. The quantitative estimate of drug-likeness (QED) is 0.174. The maximum atomic E-state index is 12.4. The number of hydrogen-bond donors (Lipinski definition) is 0. The zero-order valence-corrected chi connectivity index (χ0v) is 23.8. The highest BCUT2D eigenvalue weighted by Crippen LogP contribution is 2.48. The molecule has 0 radical (unpaired) electrons. The average Bonchev–Trinajstić information content (AvgIpc) is 3.38. The van der Waals surface area contributed by atoms with E-state index in [4.69, 9.17) is 42.4 Å². The molecule has 204 valence electrons. The highest BCUT2D eigenvalue weighted by Gasteiger charge is 2.42. The summed E-state index contributed by atoms with van der Waals surface area (Å²) in [5.41, 5.74) is 5.07. The highest BCUT2D eigenvalue weighted by molar-refractivity contribution is 6.34. The van der Waals surface area contributed by atoms with E-state index >= 15 is 0 Å². The Morgan fingerprint density at radius 2 is 1.85 bits per heavy atom. The number of esters is 1. The predicted molar refractivity (Wildman–Crippen MR) is 157 cm³/mol. The molecular formula is C32H27Cl2NO5. The Hall–Kier alpha value is -3.87. The van der Waals surface area contributed by atoms with Crippen LogP contribution in [0.4, 0.5) is 0 Å². The number of allylic oxidation sites excluding steroid dienone is 6. The maximum absolute atomic E-state index is 12.4. The van der Waals surface area contributed by atoms with Crippen LogP contribution in [0.1, 0.15) is 49.5 Å². The van der Waals surface area contributed by atoms with E-state index < -0.39 is 16.8 Å². The van der Waals surface area contributed by atoms with Gasteiger partial charge in [-0.05, 0) is 71.0 Å². The molecule has 40 heavy (non-hydrogen) atoms. The normalized spacial score (nSPS) is 20.6. The van der Waals surface area contributed by atoms with Gasteiger partial charge in [-0.15, -0.1) is 11.6 Å². The lowest BCUT2D eigenvalue weighted by Gasteiger charge is -2.37. The number of aldehydes is 1. The third-order valence-corrected chi connectivity index (χ3v) is 8.36. The van der Waals surface area contributed by atoms with Crippen LogP contribution in [0.5, 0.6) is 11.6 Å². The van der Waals surface area contributed by atoms with E-state index in [2.05, 4.69) is 6.08 Å². The van der Waals surface area contributed by atoms with Gasteiger partial charge in [0.25, 0.3) is 0 Å². The first-order valence-corrected chi connectivity index (χ1v) is 13.5. The minimum absolute atomic E-state index is 0.215. The van der Waals surface area contributed by atoms with Gasteiger partial charge in [-0.25, -0.2) is 9.78 Å². The number of carbonyl (C=O) groups is 2. The number of halogens is 2. The Labute approximate surface area is 242 Å². The summed E-state index contributed by atoms with van der Waals surface area (Å²) >= 11 is 14.0. The SMILES string of the molecule is COC(=O)c1cc2c(cc1OC)C(=CC1(c3ccc(C=O)c(OC)n3)C=CC=C(c3ccccc3Cl)C1Cl)CC2. The number of aromatic nitrogens is 1. The van der Waals surface area contributed by atoms with Crippen LogP contribution < -0.4 is 9.47 Å². The summed E-state index contributed by atoms with van der Waals surface area (Å²) in [5.74, 6) is 0.194. The van der Waals surface area contributed by atoms with Gasteiger partial charge >= 0.3 is 5.97 Å². The summed E-state index contributed by atoms with van der Waals surface area (Å²) in [7, 11) is 4.35. The molecule has 8 heteroatoms. The largest absolute Gasteiger partial charge is 0.496 e. The molecule has 3 aromatic rings. The molecule has 2 aliphatic rings. The van der Waals surface area contributed by atoms with Crippen LogP contribution in [0.2, 0.25) is 5.02 Å². The van der Waals surface area contributed by atoms with Gasteiger partial charge in [-0.1, -0.05) is 54.1 Å². The second-order valence-electron chi connectivity index (χ2n) is 9.54.